The van der Waals surface area contributed by atoms with Gasteiger partial charge in [0.25, 0.3) is 0 Å². The summed E-state index contributed by atoms with van der Waals surface area (Å²) in [6.45, 7) is 4.56. The van der Waals surface area contributed by atoms with Crippen molar-refractivity contribution in [3.05, 3.63) is 30.3 Å². The smallest absolute Gasteiger partial charge is 0.309 e. The van der Waals surface area contributed by atoms with Crippen molar-refractivity contribution in [2.75, 3.05) is 12.4 Å². The van der Waals surface area contributed by atoms with Crippen LogP contribution in [-0.2, 0) is 9.53 Å². The molecule has 0 saturated heterocycles. The first kappa shape index (κ1) is 14.1. The third-order valence-electron chi connectivity index (χ3n) is 2.39. The predicted molar refractivity (Wildman–Crippen MR) is 72.2 cm³/mol. The molecule has 0 N–H and O–H groups in total. The molecule has 0 saturated carbocycles. The molecule has 2 nitrogen and oxygen atoms in total. The van der Waals surface area contributed by atoms with Gasteiger partial charge in [-0.25, -0.2) is 0 Å². The Labute approximate surface area is 108 Å². The maximum Gasteiger partial charge on any atom is 0.309 e. The quantitative estimate of drug-likeness (QED) is 0.420. The van der Waals surface area contributed by atoms with Crippen LogP contribution >= 0.6 is 11.8 Å². The van der Waals surface area contributed by atoms with Gasteiger partial charge >= 0.3 is 5.97 Å². The highest BCUT2D eigenvalue weighted by molar-refractivity contribution is 7.99. The van der Waals surface area contributed by atoms with E-state index in [9.17, 15) is 4.79 Å². The summed E-state index contributed by atoms with van der Waals surface area (Å²) in [6, 6.07) is 10.1. The lowest BCUT2D eigenvalue weighted by Crippen LogP contribution is -2.17. The molecule has 0 radical (unpaired) electrons. The van der Waals surface area contributed by atoms with Crippen molar-refractivity contribution in [1.29, 1.82) is 0 Å². The van der Waals surface area contributed by atoms with Crippen LogP contribution in [0.3, 0.4) is 0 Å². The van der Waals surface area contributed by atoms with E-state index in [0.29, 0.717) is 6.61 Å². The monoisotopic (exact) mass is 252 g/mol. The van der Waals surface area contributed by atoms with Crippen molar-refractivity contribution in [3.63, 3.8) is 0 Å². The van der Waals surface area contributed by atoms with Crippen LogP contribution in [-0.4, -0.2) is 18.3 Å². The van der Waals surface area contributed by atoms with Gasteiger partial charge in [0.1, 0.15) is 0 Å². The van der Waals surface area contributed by atoms with Crippen LogP contribution in [0.2, 0.25) is 0 Å². The average molecular weight is 252 g/mol. The zero-order valence-electron chi connectivity index (χ0n) is 10.5. The number of unbranched alkanes of at least 4 members (excludes halogenated alkanes) is 1. The maximum absolute atomic E-state index is 11.6. The number of hydrogen-bond acceptors (Lipinski definition) is 3. The van der Waals surface area contributed by atoms with Crippen LogP contribution in [0.4, 0.5) is 0 Å². The Balaban J connectivity index is 2.24. The van der Waals surface area contributed by atoms with Gasteiger partial charge in [-0.2, -0.15) is 0 Å². The standard InChI is InChI=1S/C14H20O2S/c1-3-4-10-16-14(15)12(2)11-17-13-8-6-5-7-9-13/h5-9,12H,3-4,10-11H2,1-2H3. The second-order valence-corrected chi connectivity index (χ2v) is 5.14. The highest BCUT2D eigenvalue weighted by atomic mass is 32.2. The second kappa shape index (κ2) is 8.18. The van der Waals surface area contributed by atoms with Crippen molar-refractivity contribution in [2.24, 2.45) is 5.92 Å². The Bertz CT molecular complexity index is 324. The normalized spacial score (nSPS) is 12.1. The Morgan fingerprint density at radius 1 is 1.35 bits per heavy atom. The zero-order valence-corrected chi connectivity index (χ0v) is 11.3. The van der Waals surface area contributed by atoms with Crippen LogP contribution in [0.1, 0.15) is 26.7 Å². The summed E-state index contributed by atoms with van der Waals surface area (Å²) in [6.07, 6.45) is 2.00. The largest absolute Gasteiger partial charge is 0.465 e. The molecule has 0 bridgehead atoms. The summed E-state index contributed by atoms with van der Waals surface area (Å²) in [5, 5.41) is 0. The van der Waals surface area contributed by atoms with Crippen LogP contribution in [0, 0.1) is 5.92 Å². The first-order valence-corrected chi connectivity index (χ1v) is 7.07. The first-order valence-electron chi connectivity index (χ1n) is 6.08. The van der Waals surface area contributed by atoms with Crippen LogP contribution in [0.25, 0.3) is 0 Å². The van der Waals surface area contributed by atoms with Crippen molar-refractivity contribution in [3.8, 4) is 0 Å². The molecule has 0 aliphatic rings. The van der Waals surface area contributed by atoms with E-state index in [-0.39, 0.29) is 11.9 Å². The summed E-state index contributed by atoms with van der Waals surface area (Å²) >= 11 is 1.70. The number of thioether (sulfide) groups is 1. The van der Waals surface area contributed by atoms with Crippen molar-refractivity contribution in [1.82, 2.24) is 0 Å². The number of ether oxygens (including phenoxy) is 1. The van der Waals surface area contributed by atoms with Crippen LogP contribution < -0.4 is 0 Å². The molecule has 1 rings (SSSR count). The Kier molecular flexibility index (Phi) is 6.78. The van der Waals surface area contributed by atoms with E-state index in [0.717, 1.165) is 18.6 Å². The molecule has 1 aromatic carbocycles. The Hall–Kier alpha value is -0.960. The second-order valence-electron chi connectivity index (χ2n) is 4.05. The molecule has 3 heteroatoms. The predicted octanol–water partition coefficient (Wildman–Crippen LogP) is 3.76. The fraction of sp³-hybridized carbons (Fsp3) is 0.500. The van der Waals surface area contributed by atoms with Crippen molar-refractivity contribution >= 4 is 17.7 Å². The summed E-state index contributed by atoms with van der Waals surface area (Å²) in [5.74, 6) is 0.647. The van der Waals surface area contributed by atoms with E-state index in [1.165, 1.54) is 4.90 Å². The van der Waals surface area contributed by atoms with Gasteiger partial charge in [0.15, 0.2) is 0 Å². The molecule has 0 amide bonds. The fourth-order valence-corrected chi connectivity index (χ4v) is 2.19. The topological polar surface area (TPSA) is 26.3 Å². The van der Waals surface area contributed by atoms with E-state index < -0.39 is 0 Å². The minimum Gasteiger partial charge on any atom is -0.465 e. The summed E-state index contributed by atoms with van der Waals surface area (Å²) in [7, 11) is 0. The molecule has 0 heterocycles. The zero-order chi connectivity index (χ0) is 12.5. The summed E-state index contributed by atoms with van der Waals surface area (Å²) < 4.78 is 5.18. The number of esters is 1. The van der Waals surface area contributed by atoms with Gasteiger partial charge in [0, 0.05) is 10.6 Å². The number of hydrogen-bond donors (Lipinski definition) is 0. The number of carbonyl (C=O) groups is 1. The average Bonchev–Trinajstić information content (AvgIpc) is 2.37. The van der Waals surface area contributed by atoms with Gasteiger partial charge in [-0.1, -0.05) is 38.5 Å². The fourth-order valence-electron chi connectivity index (χ4n) is 1.27. The van der Waals surface area contributed by atoms with Crippen LogP contribution in [0.15, 0.2) is 35.2 Å². The highest BCUT2D eigenvalue weighted by Gasteiger charge is 2.14. The van der Waals surface area contributed by atoms with E-state index in [1.807, 2.05) is 25.1 Å². The molecule has 0 aliphatic heterocycles. The molecular weight excluding hydrogens is 232 g/mol. The van der Waals surface area contributed by atoms with E-state index in [1.54, 1.807) is 11.8 Å². The lowest BCUT2D eigenvalue weighted by molar-refractivity contribution is -0.147. The summed E-state index contributed by atoms with van der Waals surface area (Å²) in [4.78, 5) is 12.8. The van der Waals surface area contributed by atoms with E-state index in [4.69, 9.17) is 4.74 Å². The molecule has 0 spiro atoms. The van der Waals surface area contributed by atoms with Crippen molar-refractivity contribution < 1.29 is 9.53 Å². The van der Waals surface area contributed by atoms with Gasteiger partial charge in [0.2, 0.25) is 0 Å². The SMILES string of the molecule is CCCCOC(=O)C(C)CSc1ccccc1. The number of benzene rings is 1. The van der Waals surface area contributed by atoms with Gasteiger partial charge < -0.3 is 4.74 Å². The maximum atomic E-state index is 11.6. The lowest BCUT2D eigenvalue weighted by Gasteiger charge is -2.10. The molecular formula is C14H20O2S. The molecule has 1 aromatic rings. The minimum absolute atomic E-state index is 0.0444. The molecule has 0 aliphatic carbocycles. The van der Waals surface area contributed by atoms with Gasteiger partial charge in [-0.15, -0.1) is 11.8 Å². The molecule has 1 atom stereocenters. The first-order chi connectivity index (χ1) is 8.24. The molecule has 1 unspecified atom stereocenters. The van der Waals surface area contributed by atoms with Gasteiger partial charge in [-0.3, -0.25) is 4.79 Å². The highest BCUT2D eigenvalue weighted by Crippen LogP contribution is 2.20. The molecule has 17 heavy (non-hydrogen) atoms. The summed E-state index contributed by atoms with van der Waals surface area (Å²) in [5.41, 5.74) is 0. The van der Waals surface area contributed by atoms with Crippen molar-refractivity contribution in [2.45, 2.75) is 31.6 Å². The minimum atomic E-state index is -0.0816. The number of carbonyl (C=O) groups excluding carboxylic acids is 1. The van der Waals surface area contributed by atoms with Gasteiger partial charge in [-0.05, 0) is 18.6 Å². The lowest BCUT2D eigenvalue weighted by atomic mass is 10.2. The third kappa shape index (κ3) is 5.78. The van der Waals surface area contributed by atoms with Gasteiger partial charge in [0.05, 0.1) is 12.5 Å². The van der Waals surface area contributed by atoms with E-state index in [2.05, 4.69) is 19.1 Å². The molecule has 94 valence electrons. The molecule has 0 aromatic heterocycles. The molecule has 0 fully saturated rings. The third-order valence-corrected chi connectivity index (χ3v) is 3.66. The van der Waals surface area contributed by atoms with Crippen LogP contribution in [0.5, 0.6) is 0 Å². The number of rotatable bonds is 7. The van der Waals surface area contributed by atoms with E-state index >= 15 is 0 Å². The Morgan fingerprint density at radius 2 is 2.06 bits per heavy atom. The Morgan fingerprint density at radius 3 is 2.71 bits per heavy atom.